The molecule has 0 unspecified atom stereocenters. The highest BCUT2D eigenvalue weighted by atomic mass is 16.5. The number of rotatable bonds is 2. The molecule has 0 amide bonds. The summed E-state index contributed by atoms with van der Waals surface area (Å²) in [4.78, 5) is 11.8. The Bertz CT molecular complexity index is 459. The lowest BCUT2D eigenvalue weighted by Gasteiger charge is -2.03. The molecule has 0 aliphatic rings. The molecule has 2 aromatic heterocycles. The lowest BCUT2D eigenvalue weighted by atomic mass is 10.3. The predicted molar refractivity (Wildman–Crippen MR) is 50.2 cm³/mol. The number of aromatic nitrogens is 3. The third kappa shape index (κ3) is 1.44. The van der Waals surface area contributed by atoms with Crippen LogP contribution in [0.5, 0.6) is 11.9 Å². The van der Waals surface area contributed by atoms with Gasteiger partial charge in [0.1, 0.15) is 0 Å². The first kappa shape index (κ1) is 8.68. The summed E-state index contributed by atoms with van der Waals surface area (Å²) in [6, 6.07) is 1.82. The Morgan fingerprint density at radius 3 is 3.07 bits per heavy atom. The molecule has 0 aliphatic heterocycles. The third-order valence-electron chi connectivity index (χ3n) is 1.73. The van der Waals surface area contributed by atoms with Crippen LogP contribution in [0.1, 0.15) is 6.92 Å². The third-order valence-corrected chi connectivity index (χ3v) is 1.73. The van der Waals surface area contributed by atoms with Gasteiger partial charge in [-0.15, -0.1) is 0 Å². The van der Waals surface area contributed by atoms with Gasteiger partial charge in [-0.05, 0) is 13.0 Å². The molecule has 2 aromatic rings. The van der Waals surface area contributed by atoms with Crippen molar-refractivity contribution < 1.29 is 9.84 Å². The maximum atomic E-state index is 9.52. The zero-order valence-electron chi connectivity index (χ0n) is 7.64. The molecule has 0 aromatic carbocycles. The van der Waals surface area contributed by atoms with Crippen LogP contribution in [0.3, 0.4) is 0 Å². The van der Waals surface area contributed by atoms with Gasteiger partial charge in [0.2, 0.25) is 5.88 Å². The topological polar surface area (TPSA) is 68.1 Å². The van der Waals surface area contributed by atoms with Gasteiger partial charge in [0.05, 0.1) is 23.7 Å². The molecule has 2 heterocycles. The zero-order chi connectivity index (χ0) is 9.97. The van der Waals surface area contributed by atoms with Crippen molar-refractivity contribution in [2.75, 3.05) is 6.61 Å². The first-order valence-electron chi connectivity index (χ1n) is 4.25. The maximum absolute atomic E-state index is 9.52. The molecule has 5 nitrogen and oxygen atoms in total. The van der Waals surface area contributed by atoms with Gasteiger partial charge in [0.15, 0.2) is 0 Å². The molecule has 0 saturated heterocycles. The molecule has 0 bridgehead atoms. The van der Waals surface area contributed by atoms with Gasteiger partial charge in [-0.3, -0.25) is 4.98 Å². The number of nitrogens with zero attached hydrogens (tertiary/aromatic N) is 3. The van der Waals surface area contributed by atoms with E-state index < -0.39 is 0 Å². The monoisotopic (exact) mass is 191 g/mol. The van der Waals surface area contributed by atoms with Gasteiger partial charge in [-0.1, -0.05) is 0 Å². The van der Waals surface area contributed by atoms with Gasteiger partial charge in [-0.2, -0.15) is 9.97 Å². The van der Waals surface area contributed by atoms with E-state index in [-0.39, 0.29) is 11.9 Å². The van der Waals surface area contributed by atoms with E-state index in [1.54, 1.807) is 18.5 Å². The number of aromatic hydroxyl groups is 1. The normalized spacial score (nSPS) is 10.4. The smallest absolute Gasteiger partial charge is 0.320 e. The minimum absolute atomic E-state index is 0.0825. The fraction of sp³-hybridized carbons (Fsp3) is 0.222. The fourth-order valence-electron chi connectivity index (χ4n) is 1.14. The van der Waals surface area contributed by atoms with Gasteiger partial charge in [0.25, 0.3) is 0 Å². The summed E-state index contributed by atoms with van der Waals surface area (Å²) in [5.74, 6) is -0.0825. The van der Waals surface area contributed by atoms with Crippen molar-refractivity contribution in [3.05, 3.63) is 18.5 Å². The summed E-state index contributed by atoms with van der Waals surface area (Å²) in [6.07, 6.45) is 3.13. The second-order valence-electron chi connectivity index (χ2n) is 2.66. The highest BCUT2D eigenvalue weighted by molar-refractivity contribution is 5.82. The number of ether oxygens (including phenoxy) is 1. The molecule has 0 radical (unpaired) electrons. The van der Waals surface area contributed by atoms with E-state index >= 15 is 0 Å². The van der Waals surface area contributed by atoms with Gasteiger partial charge < -0.3 is 9.84 Å². The second kappa shape index (κ2) is 3.45. The Labute approximate surface area is 80.4 Å². The average Bonchev–Trinajstić information content (AvgIpc) is 2.18. The molecule has 14 heavy (non-hydrogen) atoms. The Morgan fingerprint density at radius 2 is 2.29 bits per heavy atom. The number of fused-ring (bicyclic) bond motifs is 1. The predicted octanol–water partition coefficient (Wildman–Crippen LogP) is 1.13. The molecule has 5 heteroatoms. The summed E-state index contributed by atoms with van der Waals surface area (Å²) in [5, 5.41) is 10.1. The van der Waals surface area contributed by atoms with Crippen LogP contribution in [0.25, 0.3) is 10.9 Å². The van der Waals surface area contributed by atoms with Crippen LogP contribution in [0.15, 0.2) is 18.5 Å². The number of hydrogen-bond donors (Lipinski definition) is 1. The van der Waals surface area contributed by atoms with Crippen molar-refractivity contribution in [3.8, 4) is 11.9 Å². The highest BCUT2D eigenvalue weighted by Crippen LogP contribution is 2.22. The SMILES string of the molecule is CCOc1nc(O)c2ccncc2n1. The van der Waals surface area contributed by atoms with Crippen molar-refractivity contribution >= 4 is 10.9 Å². The molecule has 2 rings (SSSR count). The summed E-state index contributed by atoms with van der Waals surface area (Å²) in [5.41, 5.74) is 0.573. The minimum atomic E-state index is -0.0825. The lowest BCUT2D eigenvalue weighted by molar-refractivity contribution is 0.307. The summed E-state index contributed by atoms with van der Waals surface area (Å²) < 4.78 is 5.08. The fourth-order valence-corrected chi connectivity index (χ4v) is 1.14. The first-order valence-corrected chi connectivity index (χ1v) is 4.25. The lowest BCUT2D eigenvalue weighted by Crippen LogP contribution is -1.97. The van der Waals surface area contributed by atoms with E-state index in [0.717, 1.165) is 0 Å². The van der Waals surface area contributed by atoms with Crippen LogP contribution in [-0.4, -0.2) is 26.7 Å². The molecule has 0 fully saturated rings. The van der Waals surface area contributed by atoms with Crippen LogP contribution >= 0.6 is 0 Å². The van der Waals surface area contributed by atoms with E-state index in [1.807, 2.05) is 6.92 Å². The molecule has 0 atom stereocenters. The molecule has 0 aliphatic carbocycles. The van der Waals surface area contributed by atoms with Crippen molar-refractivity contribution in [1.29, 1.82) is 0 Å². The molecule has 0 spiro atoms. The Balaban J connectivity index is 2.60. The summed E-state index contributed by atoms with van der Waals surface area (Å²) in [7, 11) is 0. The van der Waals surface area contributed by atoms with Crippen molar-refractivity contribution in [2.45, 2.75) is 6.92 Å². The number of hydrogen-bond acceptors (Lipinski definition) is 5. The Hall–Kier alpha value is -1.91. The molecular formula is C9H9N3O2. The molecule has 0 saturated carbocycles. The second-order valence-corrected chi connectivity index (χ2v) is 2.66. The standard InChI is InChI=1S/C9H9N3O2/c1-2-14-9-11-7-5-10-4-3-6(7)8(13)12-9/h3-5H,2H2,1H3,(H,11,12,13). The van der Waals surface area contributed by atoms with Crippen molar-refractivity contribution in [3.63, 3.8) is 0 Å². The largest absolute Gasteiger partial charge is 0.493 e. The Kier molecular flexibility index (Phi) is 2.14. The maximum Gasteiger partial charge on any atom is 0.320 e. The summed E-state index contributed by atoms with van der Waals surface area (Å²) >= 11 is 0. The van der Waals surface area contributed by atoms with E-state index in [4.69, 9.17) is 4.74 Å². The molecule has 1 N–H and O–H groups in total. The number of pyridine rings is 1. The van der Waals surface area contributed by atoms with Crippen molar-refractivity contribution in [1.82, 2.24) is 15.0 Å². The molecular weight excluding hydrogens is 182 g/mol. The van der Waals surface area contributed by atoms with E-state index in [0.29, 0.717) is 17.5 Å². The van der Waals surface area contributed by atoms with E-state index in [9.17, 15) is 5.11 Å². The van der Waals surface area contributed by atoms with Crippen LogP contribution in [0.2, 0.25) is 0 Å². The average molecular weight is 191 g/mol. The van der Waals surface area contributed by atoms with Crippen LogP contribution in [-0.2, 0) is 0 Å². The first-order chi connectivity index (χ1) is 6.81. The summed E-state index contributed by atoms with van der Waals surface area (Å²) in [6.45, 7) is 2.29. The van der Waals surface area contributed by atoms with Gasteiger partial charge in [-0.25, -0.2) is 0 Å². The van der Waals surface area contributed by atoms with Gasteiger partial charge in [0, 0.05) is 6.20 Å². The van der Waals surface area contributed by atoms with Crippen LogP contribution < -0.4 is 4.74 Å². The van der Waals surface area contributed by atoms with Crippen LogP contribution in [0.4, 0.5) is 0 Å². The highest BCUT2D eigenvalue weighted by Gasteiger charge is 2.06. The Morgan fingerprint density at radius 1 is 1.43 bits per heavy atom. The minimum Gasteiger partial charge on any atom is -0.493 e. The van der Waals surface area contributed by atoms with E-state index in [2.05, 4.69) is 15.0 Å². The quantitative estimate of drug-likeness (QED) is 0.770. The van der Waals surface area contributed by atoms with Gasteiger partial charge >= 0.3 is 6.01 Å². The zero-order valence-corrected chi connectivity index (χ0v) is 7.64. The van der Waals surface area contributed by atoms with E-state index in [1.165, 1.54) is 0 Å². The van der Waals surface area contributed by atoms with Crippen molar-refractivity contribution in [2.24, 2.45) is 0 Å². The van der Waals surface area contributed by atoms with Crippen LogP contribution in [0, 0.1) is 0 Å². The molecule has 72 valence electrons.